The number of nitrogens with two attached hydrogens (primary N) is 2. The molecule has 0 heterocycles. The number of allylic oxidation sites excluding steroid dienone is 8. The fourth-order valence-electron chi connectivity index (χ4n) is 9.91. The van der Waals surface area contributed by atoms with Crippen LogP contribution in [0, 0.1) is 47.3 Å². The van der Waals surface area contributed by atoms with E-state index in [4.69, 9.17) is 11.5 Å². The maximum atomic E-state index is 6.43. The second-order valence-corrected chi connectivity index (χ2v) is 15.9. The van der Waals surface area contributed by atoms with E-state index in [0.29, 0.717) is 41.5 Å². The zero-order chi connectivity index (χ0) is 33.6. The Morgan fingerprint density at radius 2 is 1.69 bits per heavy atom. The van der Waals surface area contributed by atoms with Crippen LogP contribution in [-0.4, -0.2) is 12.6 Å². The third-order valence-corrected chi connectivity index (χ3v) is 12.7. The minimum absolute atomic E-state index is 0.334. The Morgan fingerprint density at radius 1 is 0.875 bits per heavy atom. The highest BCUT2D eigenvalue weighted by molar-refractivity contribution is 5.43. The fourth-order valence-corrected chi connectivity index (χ4v) is 9.91. The highest BCUT2D eigenvalue weighted by Gasteiger charge is 2.41. The molecule has 1 aromatic rings. The van der Waals surface area contributed by atoms with Gasteiger partial charge in [0, 0.05) is 17.6 Å². The lowest BCUT2D eigenvalue weighted by Gasteiger charge is -2.46. The summed E-state index contributed by atoms with van der Waals surface area (Å²) in [5.74, 6) is 5.34. The molecule has 0 saturated carbocycles. The summed E-state index contributed by atoms with van der Waals surface area (Å²) in [4.78, 5) is 0. The van der Waals surface area contributed by atoms with Crippen molar-refractivity contribution in [2.24, 2.45) is 58.8 Å². The molecule has 3 nitrogen and oxygen atoms in total. The normalized spacial score (nSPS) is 29.1. The molecule has 0 saturated heterocycles. The molecule has 9 unspecified atom stereocenters. The van der Waals surface area contributed by atoms with E-state index in [1.54, 1.807) is 5.57 Å². The van der Waals surface area contributed by atoms with Crippen molar-refractivity contribution in [3.63, 3.8) is 0 Å². The predicted molar refractivity (Wildman–Crippen MR) is 208 cm³/mol. The van der Waals surface area contributed by atoms with Crippen LogP contribution in [-0.2, 0) is 0 Å². The Morgan fingerprint density at radius 3 is 2.46 bits per heavy atom. The molecule has 4 aliphatic rings. The van der Waals surface area contributed by atoms with Gasteiger partial charge < -0.3 is 16.8 Å². The van der Waals surface area contributed by atoms with Gasteiger partial charge in [-0.1, -0.05) is 98.9 Å². The Balaban J connectivity index is 1.23. The summed E-state index contributed by atoms with van der Waals surface area (Å²) < 4.78 is 0. The molecule has 264 valence electrons. The van der Waals surface area contributed by atoms with Gasteiger partial charge in [-0.05, 0) is 162 Å². The van der Waals surface area contributed by atoms with Crippen LogP contribution in [0.25, 0.3) is 0 Å². The van der Waals surface area contributed by atoms with Crippen molar-refractivity contribution in [3.05, 3.63) is 90.2 Å². The molecule has 0 aromatic heterocycles. The number of hydrogen-bond acceptors (Lipinski definition) is 3. The minimum Gasteiger partial charge on any atom is -0.405 e. The first-order valence-corrected chi connectivity index (χ1v) is 20.2. The van der Waals surface area contributed by atoms with Crippen LogP contribution in [0.2, 0.25) is 0 Å². The van der Waals surface area contributed by atoms with E-state index in [1.807, 2.05) is 6.20 Å². The Hall–Kier alpha value is -2.52. The number of rotatable bonds is 18. The smallest absolute Gasteiger partial charge is 0.0342 e. The van der Waals surface area contributed by atoms with Crippen molar-refractivity contribution in [1.29, 1.82) is 0 Å². The SMILES string of the molecule is CC(CCC(/C(=C/N)CCCCCCCCN)C(C)Nc1ccccc1)C1C=CC(C2C=CCC(C3=CCCCC3)C2)C2C=CCCC12. The topological polar surface area (TPSA) is 64.1 Å². The minimum atomic E-state index is 0.334. The van der Waals surface area contributed by atoms with Gasteiger partial charge in [0.05, 0.1) is 0 Å². The van der Waals surface area contributed by atoms with Gasteiger partial charge in [0.15, 0.2) is 0 Å². The number of nitrogens with one attached hydrogen (secondary N) is 1. The van der Waals surface area contributed by atoms with Gasteiger partial charge in [0.25, 0.3) is 0 Å². The first kappa shape index (κ1) is 36.8. The molecule has 0 spiro atoms. The number of benzene rings is 1. The fraction of sp³-hybridized carbons (Fsp3) is 0.644. The van der Waals surface area contributed by atoms with Crippen LogP contribution in [0.3, 0.4) is 0 Å². The Kier molecular flexibility index (Phi) is 15.0. The number of unbranched alkanes of at least 4 members (excludes halogenated alkanes) is 5. The number of para-hydroxylation sites is 1. The first-order valence-electron chi connectivity index (χ1n) is 20.2. The molecule has 5 rings (SSSR count). The van der Waals surface area contributed by atoms with Gasteiger partial charge in [-0.15, -0.1) is 0 Å². The molecular formula is C45H69N3. The molecule has 0 fully saturated rings. The maximum absolute atomic E-state index is 6.43. The van der Waals surface area contributed by atoms with E-state index >= 15 is 0 Å². The lowest BCUT2D eigenvalue weighted by atomic mass is 9.59. The van der Waals surface area contributed by atoms with E-state index in [9.17, 15) is 0 Å². The van der Waals surface area contributed by atoms with Crippen LogP contribution in [0.5, 0.6) is 0 Å². The van der Waals surface area contributed by atoms with Crippen LogP contribution in [0.4, 0.5) is 5.69 Å². The molecule has 0 radical (unpaired) electrons. The quantitative estimate of drug-likeness (QED) is 0.109. The van der Waals surface area contributed by atoms with E-state index < -0.39 is 0 Å². The highest BCUT2D eigenvalue weighted by Crippen LogP contribution is 2.49. The van der Waals surface area contributed by atoms with Crippen molar-refractivity contribution < 1.29 is 0 Å². The van der Waals surface area contributed by atoms with Crippen molar-refractivity contribution in [1.82, 2.24) is 0 Å². The molecule has 0 bridgehead atoms. The van der Waals surface area contributed by atoms with Crippen LogP contribution in [0.1, 0.15) is 123 Å². The van der Waals surface area contributed by atoms with Crippen LogP contribution >= 0.6 is 0 Å². The van der Waals surface area contributed by atoms with Gasteiger partial charge in [0.2, 0.25) is 0 Å². The van der Waals surface area contributed by atoms with Crippen molar-refractivity contribution in [2.45, 2.75) is 129 Å². The second kappa shape index (κ2) is 19.6. The van der Waals surface area contributed by atoms with Crippen LogP contribution in [0.15, 0.2) is 90.2 Å². The number of fused-ring (bicyclic) bond motifs is 1. The molecule has 9 atom stereocenters. The molecule has 48 heavy (non-hydrogen) atoms. The molecule has 5 N–H and O–H groups in total. The zero-order valence-corrected chi connectivity index (χ0v) is 30.6. The van der Waals surface area contributed by atoms with E-state index in [2.05, 4.69) is 92.0 Å². The first-order chi connectivity index (χ1) is 23.6. The summed E-state index contributed by atoms with van der Waals surface area (Å²) in [6.45, 7) is 5.75. The lowest BCUT2D eigenvalue weighted by molar-refractivity contribution is 0.136. The summed E-state index contributed by atoms with van der Waals surface area (Å²) in [6.07, 6.45) is 41.9. The third kappa shape index (κ3) is 10.3. The Labute approximate surface area is 294 Å². The van der Waals surface area contributed by atoms with E-state index in [1.165, 1.54) is 108 Å². The predicted octanol–water partition coefficient (Wildman–Crippen LogP) is 11.5. The molecular weight excluding hydrogens is 583 g/mol. The summed E-state index contributed by atoms with van der Waals surface area (Å²) >= 11 is 0. The molecule has 4 aliphatic carbocycles. The van der Waals surface area contributed by atoms with Gasteiger partial charge in [0.1, 0.15) is 0 Å². The van der Waals surface area contributed by atoms with E-state index in [-0.39, 0.29) is 0 Å². The average molecular weight is 652 g/mol. The summed E-state index contributed by atoms with van der Waals surface area (Å²) in [6, 6.07) is 11.1. The summed E-state index contributed by atoms with van der Waals surface area (Å²) in [5, 5.41) is 3.86. The number of hydrogen-bond donors (Lipinski definition) is 3. The molecule has 1 aromatic carbocycles. The molecule has 3 heteroatoms. The van der Waals surface area contributed by atoms with Crippen molar-refractivity contribution >= 4 is 5.69 Å². The summed E-state index contributed by atoms with van der Waals surface area (Å²) in [5.41, 5.74) is 16.6. The maximum Gasteiger partial charge on any atom is 0.0342 e. The third-order valence-electron chi connectivity index (χ3n) is 12.7. The van der Waals surface area contributed by atoms with Gasteiger partial charge >= 0.3 is 0 Å². The lowest BCUT2D eigenvalue weighted by Crippen LogP contribution is -2.38. The van der Waals surface area contributed by atoms with Crippen LogP contribution < -0.4 is 16.8 Å². The molecule has 0 aliphatic heterocycles. The average Bonchev–Trinajstić information content (AvgIpc) is 3.14. The highest BCUT2D eigenvalue weighted by atomic mass is 14.9. The zero-order valence-electron chi connectivity index (χ0n) is 30.6. The van der Waals surface area contributed by atoms with E-state index in [0.717, 1.165) is 31.2 Å². The number of anilines is 1. The molecule has 0 amide bonds. The van der Waals surface area contributed by atoms with Gasteiger partial charge in [-0.2, -0.15) is 0 Å². The van der Waals surface area contributed by atoms with Crippen molar-refractivity contribution in [3.8, 4) is 0 Å². The largest absolute Gasteiger partial charge is 0.405 e. The summed E-state index contributed by atoms with van der Waals surface area (Å²) in [7, 11) is 0. The monoisotopic (exact) mass is 652 g/mol. The van der Waals surface area contributed by atoms with Crippen molar-refractivity contribution in [2.75, 3.05) is 11.9 Å². The standard InChI is InChI=1S/C45H69N3/c1-34(27-28-42(35(2)48-40-23-12-8-13-24-40)39(33-47)20-9-5-3-4-6-16-31-46)41-29-30-43(45-26-15-14-25-44(41)45)38-22-17-21-37(32-38)36-18-10-7-11-19-36/h8,12-13,15,17-18,22-24,26,29-30,33-35,37-38,41-45,48H,3-7,9-11,14,16,19-21,25,27-28,31-32,46-47H2,1-2H3/b39-33+. The van der Waals surface area contributed by atoms with Gasteiger partial charge in [-0.3, -0.25) is 0 Å². The second-order valence-electron chi connectivity index (χ2n) is 15.9. The van der Waals surface area contributed by atoms with Gasteiger partial charge in [-0.25, -0.2) is 0 Å². The Bertz CT molecular complexity index is 1220.